The third kappa shape index (κ3) is 7.97. The molecule has 0 aliphatic carbocycles. The van der Waals surface area contributed by atoms with Crippen LogP contribution >= 0.6 is 0 Å². The molecular formula is C19H31NO7. The first-order valence-corrected chi connectivity index (χ1v) is 9.16. The molecule has 1 heterocycles. The second kappa shape index (κ2) is 8.71. The maximum atomic E-state index is 12.9. The van der Waals surface area contributed by atoms with Crippen molar-refractivity contribution in [2.75, 3.05) is 6.54 Å². The van der Waals surface area contributed by atoms with Crippen LogP contribution in [0.2, 0.25) is 0 Å². The van der Waals surface area contributed by atoms with Gasteiger partial charge in [-0.25, -0.2) is 4.79 Å². The SMILES string of the molecule is CC(C)(C)OC(=O)C[C@H](CC(=O)O)C(=O)N1CCC[C@H]1C(=O)OC(C)(C)C. The van der Waals surface area contributed by atoms with E-state index in [1.165, 1.54) is 4.90 Å². The normalized spacial score (nSPS) is 18.7. The molecule has 0 aromatic heterocycles. The van der Waals surface area contributed by atoms with Crippen molar-refractivity contribution >= 4 is 23.8 Å². The molecule has 154 valence electrons. The number of hydrogen-bond acceptors (Lipinski definition) is 6. The molecule has 1 rings (SSSR count). The van der Waals surface area contributed by atoms with E-state index in [1.807, 2.05) is 0 Å². The molecule has 0 saturated carbocycles. The number of carbonyl (C=O) groups is 4. The third-order valence-electron chi connectivity index (χ3n) is 3.82. The summed E-state index contributed by atoms with van der Waals surface area (Å²) in [5, 5.41) is 9.13. The number of carboxylic acids is 1. The van der Waals surface area contributed by atoms with Crippen LogP contribution in [0.25, 0.3) is 0 Å². The highest BCUT2D eigenvalue weighted by Gasteiger charge is 2.40. The van der Waals surface area contributed by atoms with Crippen molar-refractivity contribution in [1.82, 2.24) is 4.90 Å². The Kier molecular flexibility index (Phi) is 7.40. The minimum atomic E-state index is -1.19. The number of amides is 1. The Bertz CT molecular complexity index is 586. The van der Waals surface area contributed by atoms with Crippen LogP contribution in [0.3, 0.4) is 0 Å². The number of nitrogens with zero attached hydrogens (tertiary/aromatic N) is 1. The Morgan fingerprint density at radius 2 is 1.56 bits per heavy atom. The van der Waals surface area contributed by atoms with Gasteiger partial charge in [-0.2, -0.15) is 0 Å². The Balaban J connectivity index is 2.91. The van der Waals surface area contributed by atoms with Crippen molar-refractivity contribution in [1.29, 1.82) is 0 Å². The van der Waals surface area contributed by atoms with Crippen LogP contribution in [0.5, 0.6) is 0 Å². The van der Waals surface area contributed by atoms with Gasteiger partial charge in [0.25, 0.3) is 0 Å². The second-order valence-electron chi connectivity index (χ2n) is 8.81. The Morgan fingerprint density at radius 1 is 1.00 bits per heavy atom. The van der Waals surface area contributed by atoms with E-state index >= 15 is 0 Å². The molecule has 0 aromatic rings. The minimum Gasteiger partial charge on any atom is -0.481 e. The van der Waals surface area contributed by atoms with Crippen LogP contribution in [0.15, 0.2) is 0 Å². The van der Waals surface area contributed by atoms with Crippen LogP contribution in [0.4, 0.5) is 0 Å². The lowest BCUT2D eigenvalue weighted by Gasteiger charge is -2.30. The van der Waals surface area contributed by atoms with Crippen LogP contribution in [0.1, 0.15) is 67.2 Å². The Morgan fingerprint density at radius 3 is 2.04 bits per heavy atom. The summed E-state index contributed by atoms with van der Waals surface area (Å²) < 4.78 is 10.6. The lowest BCUT2D eigenvalue weighted by molar-refractivity contribution is -0.165. The predicted molar refractivity (Wildman–Crippen MR) is 96.8 cm³/mol. The Labute approximate surface area is 160 Å². The van der Waals surface area contributed by atoms with Crippen LogP contribution < -0.4 is 0 Å². The maximum absolute atomic E-state index is 12.9. The number of aliphatic carboxylic acids is 1. The fraction of sp³-hybridized carbons (Fsp3) is 0.789. The number of carboxylic acid groups (broad SMARTS) is 1. The molecule has 1 N–H and O–H groups in total. The first-order valence-electron chi connectivity index (χ1n) is 9.16. The molecule has 0 spiro atoms. The van der Waals surface area contributed by atoms with E-state index < -0.39 is 53.4 Å². The molecule has 0 bridgehead atoms. The standard InChI is InChI=1S/C19H31NO7/c1-18(2,3)26-15(23)11-12(10-14(21)22)16(24)20-9-7-8-13(20)17(25)27-19(4,5)6/h12-13H,7-11H2,1-6H3,(H,21,22)/t12-,13-/m0/s1. The molecule has 1 fully saturated rings. The van der Waals surface area contributed by atoms with E-state index in [0.717, 1.165) is 0 Å². The van der Waals surface area contributed by atoms with Gasteiger partial charge < -0.3 is 19.5 Å². The zero-order valence-electron chi connectivity index (χ0n) is 17.0. The first kappa shape index (κ1) is 22.9. The lowest BCUT2D eigenvalue weighted by Crippen LogP contribution is -2.46. The maximum Gasteiger partial charge on any atom is 0.329 e. The highest BCUT2D eigenvalue weighted by Crippen LogP contribution is 2.26. The number of esters is 2. The molecule has 0 aromatic carbocycles. The van der Waals surface area contributed by atoms with Crippen molar-refractivity contribution in [3.63, 3.8) is 0 Å². The summed E-state index contributed by atoms with van der Waals surface area (Å²) in [7, 11) is 0. The van der Waals surface area contributed by atoms with E-state index in [9.17, 15) is 19.2 Å². The summed E-state index contributed by atoms with van der Waals surface area (Å²) in [6, 6.07) is -0.758. The smallest absolute Gasteiger partial charge is 0.329 e. The molecule has 1 saturated heterocycles. The minimum absolute atomic E-state index is 0.327. The molecule has 2 atom stereocenters. The van der Waals surface area contributed by atoms with Crippen molar-refractivity contribution < 1.29 is 33.8 Å². The van der Waals surface area contributed by atoms with Crippen LogP contribution in [0, 0.1) is 5.92 Å². The predicted octanol–water partition coefficient (Wildman–Crippen LogP) is 2.14. The monoisotopic (exact) mass is 385 g/mol. The summed E-state index contributed by atoms with van der Waals surface area (Å²) in [6.45, 7) is 10.6. The molecule has 0 unspecified atom stereocenters. The molecule has 0 radical (unpaired) electrons. The van der Waals surface area contributed by atoms with Crippen molar-refractivity contribution in [2.45, 2.75) is 84.5 Å². The average Bonchev–Trinajstić information content (AvgIpc) is 2.90. The van der Waals surface area contributed by atoms with E-state index in [4.69, 9.17) is 14.6 Å². The van der Waals surface area contributed by atoms with Gasteiger partial charge in [-0.15, -0.1) is 0 Å². The summed E-state index contributed by atoms with van der Waals surface area (Å²) in [5.74, 6) is -3.96. The summed E-state index contributed by atoms with van der Waals surface area (Å²) in [6.07, 6.45) is 0.213. The van der Waals surface area contributed by atoms with Gasteiger partial charge in [-0.05, 0) is 54.4 Å². The van der Waals surface area contributed by atoms with Gasteiger partial charge in [0.2, 0.25) is 5.91 Å². The topological polar surface area (TPSA) is 110 Å². The van der Waals surface area contributed by atoms with Gasteiger partial charge in [0.05, 0.1) is 18.8 Å². The van der Waals surface area contributed by atoms with Gasteiger partial charge in [0.1, 0.15) is 17.2 Å². The Hall–Kier alpha value is -2.12. The third-order valence-corrected chi connectivity index (χ3v) is 3.82. The van der Waals surface area contributed by atoms with Gasteiger partial charge in [-0.1, -0.05) is 0 Å². The van der Waals surface area contributed by atoms with Gasteiger partial charge in [0, 0.05) is 6.54 Å². The van der Waals surface area contributed by atoms with Crippen LogP contribution in [-0.2, 0) is 28.7 Å². The molecule has 1 amide bonds. The van der Waals surface area contributed by atoms with Crippen molar-refractivity contribution in [3.05, 3.63) is 0 Å². The van der Waals surface area contributed by atoms with Gasteiger partial charge in [0.15, 0.2) is 0 Å². The average molecular weight is 385 g/mol. The van der Waals surface area contributed by atoms with E-state index in [0.29, 0.717) is 19.4 Å². The summed E-state index contributed by atoms with van der Waals surface area (Å²) >= 11 is 0. The molecule has 27 heavy (non-hydrogen) atoms. The fourth-order valence-electron chi connectivity index (χ4n) is 2.92. The molecule has 8 nitrogen and oxygen atoms in total. The highest BCUT2D eigenvalue weighted by atomic mass is 16.6. The number of likely N-dealkylation sites (tertiary alicyclic amines) is 1. The van der Waals surface area contributed by atoms with E-state index in [2.05, 4.69) is 0 Å². The highest BCUT2D eigenvalue weighted by molar-refractivity contribution is 5.90. The van der Waals surface area contributed by atoms with Crippen molar-refractivity contribution in [3.8, 4) is 0 Å². The number of rotatable bonds is 6. The number of carbonyl (C=O) groups excluding carboxylic acids is 3. The number of ether oxygens (including phenoxy) is 2. The molecular weight excluding hydrogens is 354 g/mol. The van der Waals surface area contributed by atoms with E-state index in [1.54, 1.807) is 41.5 Å². The zero-order chi connectivity index (χ0) is 21.0. The first-order chi connectivity index (χ1) is 12.2. The second-order valence-corrected chi connectivity index (χ2v) is 8.81. The summed E-state index contributed by atoms with van der Waals surface area (Å²) in [4.78, 5) is 49.9. The molecule has 1 aliphatic heterocycles. The van der Waals surface area contributed by atoms with E-state index in [-0.39, 0.29) is 6.42 Å². The quantitative estimate of drug-likeness (QED) is 0.697. The van der Waals surface area contributed by atoms with Gasteiger partial charge in [-0.3, -0.25) is 14.4 Å². The molecule has 1 aliphatic rings. The zero-order valence-corrected chi connectivity index (χ0v) is 17.0. The largest absolute Gasteiger partial charge is 0.481 e. The van der Waals surface area contributed by atoms with Crippen LogP contribution in [-0.4, -0.2) is 57.6 Å². The van der Waals surface area contributed by atoms with Gasteiger partial charge >= 0.3 is 17.9 Å². The number of hydrogen-bond donors (Lipinski definition) is 1. The fourth-order valence-corrected chi connectivity index (χ4v) is 2.92. The lowest BCUT2D eigenvalue weighted by atomic mass is 9.99. The summed E-state index contributed by atoms with van der Waals surface area (Å²) in [5.41, 5.74) is -1.42. The van der Waals surface area contributed by atoms with Crippen molar-refractivity contribution in [2.24, 2.45) is 5.92 Å². The molecule has 8 heteroatoms.